The van der Waals surface area contributed by atoms with Gasteiger partial charge < -0.3 is 10.2 Å². The first-order chi connectivity index (χ1) is 13.9. The first-order valence-electron chi connectivity index (χ1n) is 7.75. The first kappa shape index (κ1) is 21.6. The van der Waals surface area contributed by atoms with E-state index in [1.54, 1.807) is 24.3 Å². The molecule has 0 saturated heterocycles. The molecule has 0 aliphatic heterocycles. The van der Waals surface area contributed by atoms with Crippen molar-refractivity contribution in [2.75, 3.05) is 5.75 Å². The number of phenols is 2. The van der Waals surface area contributed by atoms with Crippen molar-refractivity contribution in [2.45, 2.75) is 5.16 Å². The van der Waals surface area contributed by atoms with Gasteiger partial charge in [-0.3, -0.25) is 4.79 Å². The lowest BCUT2D eigenvalue weighted by Gasteiger charge is -2.06. The summed E-state index contributed by atoms with van der Waals surface area (Å²) >= 11 is 13.2. The highest BCUT2D eigenvalue weighted by Crippen LogP contribution is 2.40. The van der Waals surface area contributed by atoms with Crippen LogP contribution in [-0.2, 0) is 4.79 Å². The number of benzene rings is 2. The van der Waals surface area contributed by atoms with Crippen LogP contribution in [0.2, 0.25) is 5.02 Å². The second-order valence-electron chi connectivity index (χ2n) is 5.39. The maximum Gasteiger partial charge on any atom is 0.250 e. The SMILES string of the molecule is O=C(CSc1nnnn1-c1ccc(Cl)cc1)N/N=C\c1cc(Br)c(O)c(Br)c1O. The Labute approximate surface area is 190 Å². The van der Waals surface area contributed by atoms with Crippen LogP contribution in [0, 0.1) is 0 Å². The normalized spacial score (nSPS) is 11.1. The molecule has 3 rings (SSSR count). The largest absolute Gasteiger partial charge is 0.506 e. The molecule has 9 nitrogen and oxygen atoms in total. The topological polar surface area (TPSA) is 126 Å². The third kappa shape index (κ3) is 5.26. The van der Waals surface area contributed by atoms with Crippen LogP contribution in [0.25, 0.3) is 5.69 Å². The number of halogens is 3. The molecule has 13 heteroatoms. The predicted octanol–water partition coefficient (Wildman–Crippen LogP) is 3.49. The molecule has 0 unspecified atom stereocenters. The average molecular weight is 563 g/mol. The molecule has 0 aliphatic rings. The summed E-state index contributed by atoms with van der Waals surface area (Å²) in [5.74, 6) is -0.729. The van der Waals surface area contributed by atoms with Crippen molar-refractivity contribution >= 4 is 67.3 Å². The van der Waals surface area contributed by atoms with Gasteiger partial charge in [-0.15, -0.1) is 5.10 Å². The number of hydrogen-bond acceptors (Lipinski definition) is 8. The molecule has 0 bridgehead atoms. The van der Waals surface area contributed by atoms with Crippen LogP contribution in [0.1, 0.15) is 5.56 Å². The fourth-order valence-corrected chi connectivity index (χ4v) is 4.03. The van der Waals surface area contributed by atoms with Gasteiger partial charge in [-0.2, -0.15) is 9.78 Å². The van der Waals surface area contributed by atoms with Crippen LogP contribution in [-0.4, -0.2) is 48.3 Å². The molecule has 150 valence electrons. The molecule has 1 aromatic heterocycles. The summed E-state index contributed by atoms with van der Waals surface area (Å²) in [4.78, 5) is 12.0. The van der Waals surface area contributed by atoms with Gasteiger partial charge in [-0.1, -0.05) is 23.4 Å². The number of aromatic nitrogens is 4. The van der Waals surface area contributed by atoms with E-state index < -0.39 is 5.91 Å². The lowest BCUT2D eigenvalue weighted by Crippen LogP contribution is -2.20. The van der Waals surface area contributed by atoms with Gasteiger partial charge in [-0.05, 0) is 72.6 Å². The lowest BCUT2D eigenvalue weighted by atomic mass is 10.2. The number of tetrazole rings is 1. The van der Waals surface area contributed by atoms with Crippen molar-refractivity contribution < 1.29 is 15.0 Å². The molecular formula is C16H11Br2ClN6O3S. The molecular weight excluding hydrogens is 552 g/mol. The second-order valence-corrected chi connectivity index (χ2v) is 8.42. The quantitative estimate of drug-likeness (QED) is 0.239. The van der Waals surface area contributed by atoms with Crippen LogP contribution >= 0.6 is 55.2 Å². The summed E-state index contributed by atoms with van der Waals surface area (Å²) in [7, 11) is 0. The van der Waals surface area contributed by atoms with Gasteiger partial charge >= 0.3 is 0 Å². The van der Waals surface area contributed by atoms with E-state index in [1.807, 2.05) is 0 Å². The molecule has 0 radical (unpaired) electrons. The Hall–Kier alpha value is -2.15. The first-order valence-corrected chi connectivity index (χ1v) is 10.7. The minimum atomic E-state index is -0.395. The molecule has 0 fully saturated rings. The van der Waals surface area contributed by atoms with Crippen molar-refractivity contribution in [3.05, 3.63) is 49.9 Å². The Balaban J connectivity index is 1.60. The summed E-state index contributed by atoms with van der Waals surface area (Å²) in [6.45, 7) is 0. The van der Waals surface area contributed by atoms with Crippen LogP contribution in [0.5, 0.6) is 11.5 Å². The molecule has 0 atom stereocenters. The van der Waals surface area contributed by atoms with Gasteiger partial charge in [0.05, 0.1) is 22.1 Å². The van der Waals surface area contributed by atoms with Crippen LogP contribution in [0.15, 0.2) is 49.5 Å². The number of hydrogen-bond donors (Lipinski definition) is 3. The molecule has 0 aliphatic carbocycles. The maximum absolute atomic E-state index is 12.0. The Morgan fingerprint density at radius 3 is 2.72 bits per heavy atom. The summed E-state index contributed by atoms with van der Waals surface area (Å²) < 4.78 is 1.96. The molecule has 1 heterocycles. The van der Waals surface area contributed by atoms with E-state index in [4.69, 9.17) is 11.6 Å². The van der Waals surface area contributed by atoms with E-state index >= 15 is 0 Å². The van der Waals surface area contributed by atoms with E-state index in [-0.39, 0.29) is 21.7 Å². The van der Waals surface area contributed by atoms with Crippen LogP contribution in [0.3, 0.4) is 0 Å². The van der Waals surface area contributed by atoms with E-state index in [0.717, 1.165) is 11.8 Å². The molecule has 2 aromatic carbocycles. The number of amides is 1. The zero-order valence-corrected chi connectivity index (χ0v) is 19.0. The van der Waals surface area contributed by atoms with Crippen molar-refractivity contribution in [1.29, 1.82) is 0 Å². The Morgan fingerprint density at radius 1 is 1.28 bits per heavy atom. The fraction of sp³-hybridized carbons (Fsp3) is 0.0625. The van der Waals surface area contributed by atoms with E-state index in [0.29, 0.717) is 25.9 Å². The van der Waals surface area contributed by atoms with Crippen LogP contribution < -0.4 is 5.43 Å². The highest BCUT2D eigenvalue weighted by atomic mass is 79.9. The summed E-state index contributed by atoms with van der Waals surface area (Å²) in [6, 6.07) is 8.40. The highest BCUT2D eigenvalue weighted by Gasteiger charge is 2.14. The van der Waals surface area contributed by atoms with Crippen molar-refractivity contribution in [3.63, 3.8) is 0 Å². The van der Waals surface area contributed by atoms with Gasteiger partial charge in [0.1, 0.15) is 16.0 Å². The molecule has 3 N–H and O–H groups in total. The minimum absolute atomic E-state index is 0.0141. The number of carbonyl (C=O) groups is 1. The number of nitrogens with zero attached hydrogens (tertiary/aromatic N) is 5. The zero-order valence-electron chi connectivity index (χ0n) is 14.3. The summed E-state index contributed by atoms with van der Waals surface area (Å²) in [6.07, 6.45) is 1.25. The van der Waals surface area contributed by atoms with Crippen molar-refractivity contribution in [3.8, 4) is 17.2 Å². The zero-order chi connectivity index (χ0) is 21.0. The number of aromatic hydroxyl groups is 2. The van der Waals surface area contributed by atoms with E-state index in [9.17, 15) is 15.0 Å². The number of hydrazone groups is 1. The number of rotatable bonds is 6. The Kier molecular flexibility index (Phi) is 7.11. The summed E-state index contributed by atoms with van der Waals surface area (Å²) in [5, 5.41) is 35.9. The minimum Gasteiger partial charge on any atom is -0.506 e. The van der Waals surface area contributed by atoms with E-state index in [2.05, 4.69) is 57.9 Å². The Morgan fingerprint density at radius 2 is 2.00 bits per heavy atom. The van der Waals surface area contributed by atoms with Gasteiger partial charge in [0, 0.05) is 10.6 Å². The van der Waals surface area contributed by atoms with Gasteiger partial charge in [0.2, 0.25) is 5.16 Å². The standard InChI is InChI=1S/C16H11Br2ClN6O3S/c17-11-5-8(14(27)13(18)15(11)28)6-20-21-12(26)7-29-16-22-23-24-25(16)10-3-1-9(19)2-4-10/h1-6,27-28H,7H2,(H,21,26)/b20-6-. The number of phenolic OH excluding ortho intramolecular Hbond substituents is 2. The second kappa shape index (κ2) is 9.57. The van der Waals surface area contributed by atoms with Crippen molar-refractivity contribution in [2.24, 2.45) is 5.10 Å². The number of thioether (sulfide) groups is 1. The molecule has 0 spiro atoms. The van der Waals surface area contributed by atoms with Gasteiger partial charge in [-0.25, -0.2) is 5.43 Å². The van der Waals surface area contributed by atoms with Crippen LogP contribution in [0.4, 0.5) is 0 Å². The van der Waals surface area contributed by atoms with Gasteiger partial charge in [0.25, 0.3) is 5.91 Å². The molecule has 0 saturated carbocycles. The summed E-state index contributed by atoms with van der Waals surface area (Å²) in [5.41, 5.74) is 3.35. The molecule has 3 aromatic rings. The average Bonchev–Trinajstić information content (AvgIpc) is 3.18. The lowest BCUT2D eigenvalue weighted by molar-refractivity contribution is -0.118. The predicted molar refractivity (Wildman–Crippen MR) is 116 cm³/mol. The monoisotopic (exact) mass is 560 g/mol. The number of nitrogens with one attached hydrogen (secondary N) is 1. The van der Waals surface area contributed by atoms with Crippen molar-refractivity contribution in [1.82, 2.24) is 25.6 Å². The third-order valence-corrected chi connectivity index (χ3v) is 5.96. The highest BCUT2D eigenvalue weighted by molar-refractivity contribution is 9.11. The third-order valence-electron chi connectivity index (χ3n) is 3.44. The maximum atomic E-state index is 12.0. The van der Waals surface area contributed by atoms with E-state index in [1.165, 1.54) is 17.0 Å². The fourth-order valence-electron chi connectivity index (χ4n) is 2.06. The smallest absolute Gasteiger partial charge is 0.250 e. The van der Waals surface area contributed by atoms with Gasteiger partial charge in [0.15, 0.2) is 0 Å². The Bertz CT molecular complexity index is 1080. The molecule has 29 heavy (non-hydrogen) atoms. The number of carbonyl (C=O) groups excluding carboxylic acids is 1. The molecule has 1 amide bonds.